The van der Waals surface area contributed by atoms with Crippen molar-refractivity contribution in [1.82, 2.24) is 0 Å². The number of hydrogen-bond acceptors (Lipinski definition) is 1. The molecule has 0 aromatic rings. The van der Waals surface area contributed by atoms with E-state index in [0.29, 0.717) is 0 Å². The summed E-state index contributed by atoms with van der Waals surface area (Å²) in [5.41, 5.74) is 0. The zero-order valence-corrected chi connectivity index (χ0v) is 13.2. The fourth-order valence-corrected chi connectivity index (χ4v) is 5.92. The predicted octanol–water partition coefficient (Wildman–Crippen LogP) is 5.47. The molecule has 0 saturated heterocycles. The molecule has 1 rings (SSSR count). The van der Waals surface area contributed by atoms with Gasteiger partial charge >= 0.3 is 8.65 Å². The molecule has 0 atom stereocenters. The van der Waals surface area contributed by atoms with Gasteiger partial charge in [-0.25, -0.2) is 0 Å². The lowest BCUT2D eigenvalue weighted by molar-refractivity contribution is 0.265. The van der Waals surface area contributed by atoms with Crippen LogP contribution in [-0.2, 0) is 4.43 Å². The molecule has 0 radical (unpaired) electrons. The highest BCUT2D eigenvalue weighted by Gasteiger charge is 2.60. The van der Waals surface area contributed by atoms with Crippen molar-refractivity contribution in [2.45, 2.75) is 77.3 Å². The van der Waals surface area contributed by atoms with Crippen LogP contribution in [0.4, 0.5) is 4.11 Å². The molecule has 1 aliphatic carbocycles. The van der Waals surface area contributed by atoms with Crippen LogP contribution in [0.2, 0.25) is 10.1 Å². The second-order valence-electron chi connectivity index (χ2n) is 7.11. The summed E-state index contributed by atoms with van der Waals surface area (Å²) in [5, 5.41) is -0.799. The Labute approximate surface area is 107 Å². The summed E-state index contributed by atoms with van der Waals surface area (Å²) in [6.45, 7) is 11.8. The molecule has 3 heteroatoms. The maximum absolute atomic E-state index is 15.5. The van der Waals surface area contributed by atoms with Crippen LogP contribution in [0.25, 0.3) is 0 Å². The molecule has 0 aromatic carbocycles. The van der Waals surface area contributed by atoms with Crippen LogP contribution in [0.1, 0.15) is 67.2 Å². The Morgan fingerprint density at radius 2 is 1.59 bits per heavy atom. The van der Waals surface area contributed by atoms with Crippen molar-refractivity contribution in [1.29, 1.82) is 0 Å². The first-order chi connectivity index (χ1) is 7.58. The number of hydrogen-bond donors (Lipinski definition) is 0. The third-order valence-electron chi connectivity index (χ3n) is 3.45. The van der Waals surface area contributed by atoms with Crippen molar-refractivity contribution in [2.75, 3.05) is 0 Å². The van der Waals surface area contributed by atoms with Gasteiger partial charge in [-0.15, -0.1) is 0 Å². The Balaban J connectivity index is 2.96. The highest BCUT2D eigenvalue weighted by molar-refractivity contribution is 6.73. The van der Waals surface area contributed by atoms with E-state index in [9.17, 15) is 0 Å². The van der Waals surface area contributed by atoms with Gasteiger partial charge in [-0.3, -0.25) is 4.11 Å². The second-order valence-corrected chi connectivity index (χ2v) is 11.5. The van der Waals surface area contributed by atoms with E-state index in [2.05, 4.69) is 6.08 Å². The quantitative estimate of drug-likeness (QED) is 0.471. The molecule has 0 saturated carbocycles. The minimum absolute atomic E-state index is 0.399. The minimum atomic E-state index is -3.31. The summed E-state index contributed by atoms with van der Waals surface area (Å²) in [6.07, 6.45) is 6.37. The standard InChI is InChI=1S/C14H27FOSi/c1-13(2,3)17(15,14(4,5)6)16-12-10-8-7-9-11-12/h10H,7-9,11H2,1-6H3. The van der Waals surface area contributed by atoms with Gasteiger partial charge in [0, 0.05) is 16.5 Å². The van der Waals surface area contributed by atoms with Crippen molar-refractivity contribution in [3.8, 4) is 0 Å². The van der Waals surface area contributed by atoms with E-state index in [1.54, 1.807) is 0 Å². The number of halogens is 1. The van der Waals surface area contributed by atoms with E-state index in [1.807, 2.05) is 41.5 Å². The van der Waals surface area contributed by atoms with Crippen LogP contribution in [0.3, 0.4) is 0 Å². The molecular weight excluding hydrogens is 231 g/mol. The fourth-order valence-electron chi connectivity index (χ4n) is 2.51. The third-order valence-corrected chi connectivity index (χ3v) is 7.85. The summed E-state index contributed by atoms with van der Waals surface area (Å²) in [7, 11) is -3.31. The topological polar surface area (TPSA) is 9.23 Å². The van der Waals surface area contributed by atoms with Gasteiger partial charge in [-0.2, -0.15) is 0 Å². The van der Waals surface area contributed by atoms with Crippen LogP contribution in [0, 0.1) is 0 Å². The van der Waals surface area contributed by atoms with Gasteiger partial charge in [0.15, 0.2) is 0 Å². The Kier molecular flexibility index (Phi) is 4.12. The molecule has 0 aliphatic heterocycles. The van der Waals surface area contributed by atoms with E-state index in [-0.39, 0.29) is 0 Å². The fraction of sp³-hybridized carbons (Fsp3) is 0.857. The largest absolute Gasteiger partial charge is 0.521 e. The third kappa shape index (κ3) is 3.12. The predicted molar refractivity (Wildman–Crippen MR) is 73.9 cm³/mol. The van der Waals surface area contributed by atoms with Crippen LogP contribution in [0.5, 0.6) is 0 Å². The molecule has 0 spiro atoms. The smallest absolute Gasteiger partial charge is 0.451 e. The summed E-state index contributed by atoms with van der Waals surface area (Å²) in [6, 6.07) is 0. The molecule has 0 heterocycles. The van der Waals surface area contributed by atoms with Crippen molar-refractivity contribution in [3.63, 3.8) is 0 Å². The van der Waals surface area contributed by atoms with Crippen molar-refractivity contribution < 1.29 is 8.53 Å². The first kappa shape index (κ1) is 14.7. The molecule has 1 nitrogen and oxygen atoms in total. The van der Waals surface area contributed by atoms with E-state index < -0.39 is 18.7 Å². The lowest BCUT2D eigenvalue weighted by Crippen LogP contribution is -2.50. The zero-order chi connectivity index (χ0) is 13.3. The normalized spacial score (nSPS) is 18.9. The number of rotatable bonds is 2. The molecule has 1 aliphatic rings. The Hall–Kier alpha value is -0.313. The van der Waals surface area contributed by atoms with E-state index in [4.69, 9.17) is 4.43 Å². The molecule has 0 N–H and O–H groups in total. The minimum Gasteiger partial charge on any atom is -0.521 e. The van der Waals surface area contributed by atoms with Crippen LogP contribution < -0.4 is 0 Å². The SMILES string of the molecule is CC(C)(C)[Si](F)(OC1=CCCCC1)C(C)(C)C. The van der Waals surface area contributed by atoms with Gasteiger partial charge in [0.2, 0.25) is 0 Å². The summed E-state index contributed by atoms with van der Waals surface area (Å²) < 4.78 is 21.4. The lowest BCUT2D eigenvalue weighted by atomic mass is 10.1. The van der Waals surface area contributed by atoms with Gasteiger partial charge < -0.3 is 4.43 Å². The molecule has 0 unspecified atom stereocenters. The monoisotopic (exact) mass is 258 g/mol. The first-order valence-corrected chi connectivity index (χ1v) is 8.43. The highest BCUT2D eigenvalue weighted by Crippen LogP contribution is 2.53. The average Bonchev–Trinajstić information content (AvgIpc) is 2.15. The van der Waals surface area contributed by atoms with Gasteiger partial charge in [-0.05, 0) is 25.3 Å². The summed E-state index contributed by atoms with van der Waals surface area (Å²) >= 11 is 0. The van der Waals surface area contributed by atoms with Crippen LogP contribution >= 0.6 is 0 Å². The molecule has 0 fully saturated rings. The van der Waals surface area contributed by atoms with Gasteiger partial charge in [0.1, 0.15) is 0 Å². The highest BCUT2D eigenvalue weighted by atomic mass is 28.4. The van der Waals surface area contributed by atoms with E-state index >= 15 is 4.11 Å². The second kappa shape index (κ2) is 4.75. The van der Waals surface area contributed by atoms with Gasteiger partial charge in [0.25, 0.3) is 0 Å². The van der Waals surface area contributed by atoms with Gasteiger partial charge in [-0.1, -0.05) is 41.5 Å². The van der Waals surface area contributed by atoms with E-state index in [0.717, 1.165) is 25.0 Å². The molecule has 0 bridgehead atoms. The van der Waals surface area contributed by atoms with Crippen molar-refractivity contribution >= 4 is 8.65 Å². The molecule has 17 heavy (non-hydrogen) atoms. The molecule has 0 aromatic heterocycles. The van der Waals surface area contributed by atoms with E-state index in [1.165, 1.54) is 6.42 Å². The van der Waals surface area contributed by atoms with Crippen molar-refractivity contribution in [3.05, 3.63) is 11.8 Å². The number of allylic oxidation sites excluding steroid dienone is 2. The Morgan fingerprint density at radius 1 is 1.06 bits per heavy atom. The van der Waals surface area contributed by atoms with Crippen molar-refractivity contribution in [2.24, 2.45) is 0 Å². The Bertz CT molecular complexity index is 282. The van der Waals surface area contributed by atoms with Crippen LogP contribution in [-0.4, -0.2) is 8.65 Å². The summed E-state index contributed by atoms with van der Waals surface area (Å²) in [4.78, 5) is 0. The molecular formula is C14H27FOSi. The average molecular weight is 258 g/mol. The molecule has 100 valence electrons. The lowest BCUT2D eigenvalue weighted by Gasteiger charge is -2.44. The summed E-state index contributed by atoms with van der Waals surface area (Å²) in [5.74, 6) is 0.898. The molecule has 0 amide bonds. The maximum Gasteiger partial charge on any atom is 0.451 e. The zero-order valence-electron chi connectivity index (χ0n) is 12.2. The maximum atomic E-state index is 15.5. The Morgan fingerprint density at radius 3 is 1.94 bits per heavy atom. The van der Waals surface area contributed by atoms with Gasteiger partial charge in [0.05, 0.1) is 5.76 Å². The van der Waals surface area contributed by atoms with Crippen LogP contribution in [0.15, 0.2) is 11.8 Å². The first-order valence-electron chi connectivity index (χ1n) is 6.65.